The summed E-state index contributed by atoms with van der Waals surface area (Å²) in [6.07, 6.45) is 5.75. The van der Waals surface area contributed by atoms with Gasteiger partial charge in [0.05, 0.1) is 12.5 Å². The monoisotopic (exact) mass is 354 g/mol. The molecule has 1 aliphatic carbocycles. The number of nitrogens with two attached hydrogens (primary N) is 1. The number of nitrogens with one attached hydrogen (secondary N) is 1. The Morgan fingerprint density at radius 3 is 2.88 bits per heavy atom. The number of rotatable bonds is 6. The van der Waals surface area contributed by atoms with E-state index >= 15 is 0 Å². The van der Waals surface area contributed by atoms with Gasteiger partial charge in [-0.1, -0.05) is 12.1 Å². The fourth-order valence-electron chi connectivity index (χ4n) is 2.65. The molecule has 1 heterocycles. The van der Waals surface area contributed by atoms with Crippen LogP contribution in [0.4, 0.5) is 10.1 Å². The Bertz CT molecular complexity index is 875. The van der Waals surface area contributed by atoms with E-state index in [-0.39, 0.29) is 11.7 Å². The second-order valence-corrected chi connectivity index (χ2v) is 6.00. The molecule has 0 atom stereocenters. The standard InChI is InChI=1S/C19H19FN4O2/c1-26-15-4-2-3-13(11-15)19(7-8-19)18(25)24-17(21)6-10-22-14-5-9-23-16(20)12-14/h2-6,9-12H,7-8H2,1H3,(H,22,23)(H2,21,24,25)/b10-6-. The van der Waals surface area contributed by atoms with Crippen LogP contribution in [-0.2, 0) is 10.2 Å². The predicted molar refractivity (Wildman–Crippen MR) is 97.5 cm³/mol. The highest BCUT2D eigenvalue weighted by atomic mass is 19.1. The van der Waals surface area contributed by atoms with E-state index in [1.807, 2.05) is 24.3 Å². The van der Waals surface area contributed by atoms with Crippen LogP contribution >= 0.6 is 0 Å². The van der Waals surface area contributed by atoms with E-state index in [0.717, 1.165) is 18.4 Å². The predicted octanol–water partition coefficient (Wildman–Crippen LogP) is 2.77. The third kappa shape index (κ3) is 3.88. The number of amidine groups is 1. The molecule has 0 unspecified atom stereocenters. The minimum atomic E-state index is -0.616. The molecule has 1 aliphatic rings. The van der Waals surface area contributed by atoms with Gasteiger partial charge in [0.2, 0.25) is 5.95 Å². The first-order valence-corrected chi connectivity index (χ1v) is 8.11. The van der Waals surface area contributed by atoms with Gasteiger partial charge in [-0.2, -0.15) is 9.38 Å². The van der Waals surface area contributed by atoms with Crippen LogP contribution in [0.2, 0.25) is 0 Å². The molecule has 2 aromatic rings. The number of hydrogen-bond acceptors (Lipinski definition) is 4. The lowest BCUT2D eigenvalue weighted by Gasteiger charge is -2.12. The minimum absolute atomic E-state index is 0.0752. The number of aliphatic imine (C=N–C) groups is 1. The summed E-state index contributed by atoms with van der Waals surface area (Å²) in [6, 6.07) is 10.3. The number of methoxy groups -OCH3 is 1. The fourth-order valence-corrected chi connectivity index (χ4v) is 2.65. The lowest BCUT2D eigenvalue weighted by molar-refractivity contribution is -0.120. The van der Waals surface area contributed by atoms with Gasteiger partial charge < -0.3 is 15.8 Å². The summed E-state index contributed by atoms with van der Waals surface area (Å²) in [5.74, 6) is -0.0876. The maximum absolute atomic E-state index is 13.0. The quantitative estimate of drug-likeness (QED) is 0.473. The molecule has 0 spiro atoms. The molecule has 0 aliphatic heterocycles. The van der Waals surface area contributed by atoms with Crippen LogP contribution in [-0.4, -0.2) is 23.8 Å². The number of halogens is 1. The summed E-state index contributed by atoms with van der Waals surface area (Å²) in [5.41, 5.74) is 6.60. The smallest absolute Gasteiger partial charge is 0.258 e. The number of nitrogens with zero attached hydrogens (tertiary/aromatic N) is 2. The molecule has 1 saturated carbocycles. The van der Waals surface area contributed by atoms with Crippen LogP contribution < -0.4 is 15.8 Å². The summed E-state index contributed by atoms with van der Waals surface area (Å²) in [6.45, 7) is 0. The van der Waals surface area contributed by atoms with E-state index in [0.29, 0.717) is 11.4 Å². The van der Waals surface area contributed by atoms with Crippen LogP contribution in [0, 0.1) is 5.95 Å². The highest BCUT2D eigenvalue weighted by Crippen LogP contribution is 2.49. The van der Waals surface area contributed by atoms with Crippen LogP contribution in [0.25, 0.3) is 0 Å². The Labute approximate surface area is 150 Å². The molecule has 0 bridgehead atoms. The van der Waals surface area contributed by atoms with Gasteiger partial charge in [0.1, 0.15) is 11.6 Å². The van der Waals surface area contributed by atoms with Crippen molar-refractivity contribution in [1.82, 2.24) is 4.98 Å². The van der Waals surface area contributed by atoms with E-state index in [1.165, 1.54) is 24.5 Å². The summed E-state index contributed by atoms with van der Waals surface area (Å²) >= 11 is 0. The number of carbonyl (C=O) groups excluding carboxylic acids is 1. The van der Waals surface area contributed by atoms with Crippen molar-refractivity contribution < 1.29 is 13.9 Å². The maximum Gasteiger partial charge on any atom is 0.258 e. The zero-order valence-corrected chi connectivity index (χ0v) is 14.3. The summed E-state index contributed by atoms with van der Waals surface area (Å²) in [4.78, 5) is 20.1. The van der Waals surface area contributed by atoms with Crippen molar-refractivity contribution >= 4 is 17.4 Å². The summed E-state index contributed by atoms with van der Waals surface area (Å²) in [7, 11) is 1.59. The van der Waals surface area contributed by atoms with Crippen LogP contribution in [0.3, 0.4) is 0 Å². The zero-order chi connectivity index (χ0) is 18.6. The largest absolute Gasteiger partial charge is 0.497 e. The molecule has 1 fully saturated rings. The average Bonchev–Trinajstić information content (AvgIpc) is 3.44. The molecule has 1 amide bonds. The fraction of sp³-hybridized carbons (Fsp3) is 0.211. The highest BCUT2D eigenvalue weighted by molar-refractivity contribution is 6.04. The molecule has 1 aromatic carbocycles. The zero-order valence-electron chi connectivity index (χ0n) is 14.3. The van der Waals surface area contributed by atoms with Crippen LogP contribution in [0.5, 0.6) is 5.75 Å². The number of benzene rings is 1. The van der Waals surface area contributed by atoms with Gasteiger partial charge in [-0.25, -0.2) is 4.98 Å². The maximum atomic E-state index is 13.0. The van der Waals surface area contributed by atoms with Gasteiger partial charge in [0, 0.05) is 24.2 Å². The van der Waals surface area contributed by atoms with Crippen molar-refractivity contribution in [3.8, 4) is 5.75 Å². The third-order valence-corrected chi connectivity index (χ3v) is 4.24. The second-order valence-electron chi connectivity index (χ2n) is 6.00. The van der Waals surface area contributed by atoms with Gasteiger partial charge in [-0.15, -0.1) is 0 Å². The lowest BCUT2D eigenvalue weighted by atomic mass is 9.95. The van der Waals surface area contributed by atoms with Crippen LogP contribution in [0.15, 0.2) is 59.9 Å². The lowest BCUT2D eigenvalue weighted by Crippen LogP contribution is -2.22. The van der Waals surface area contributed by atoms with Crippen molar-refractivity contribution in [3.05, 3.63) is 66.4 Å². The van der Waals surface area contributed by atoms with Crippen molar-refractivity contribution in [3.63, 3.8) is 0 Å². The third-order valence-electron chi connectivity index (χ3n) is 4.24. The number of hydrogen-bond donors (Lipinski definition) is 2. The van der Waals surface area contributed by atoms with E-state index in [4.69, 9.17) is 10.5 Å². The van der Waals surface area contributed by atoms with Gasteiger partial charge in [-0.3, -0.25) is 4.79 Å². The second kappa shape index (κ2) is 7.35. The Hall–Kier alpha value is -3.22. The van der Waals surface area contributed by atoms with E-state index < -0.39 is 11.4 Å². The molecule has 1 aromatic heterocycles. The van der Waals surface area contributed by atoms with Crippen molar-refractivity contribution in [1.29, 1.82) is 0 Å². The first kappa shape index (κ1) is 17.6. The molecule has 7 heteroatoms. The highest BCUT2D eigenvalue weighted by Gasteiger charge is 2.51. The summed E-state index contributed by atoms with van der Waals surface area (Å²) in [5, 5.41) is 2.84. The Kier molecular flexibility index (Phi) is 4.97. The first-order chi connectivity index (χ1) is 12.5. The molecule has 26 heavy (non-hydrogen) atoms. The average molecular weight is 354 g/mol. The molecule has 6 nitrogen and oxygen atoms in total. The molecule has 3 rings (SSSR count). The SMILES string of the molecule is COc1cccc(C2(C(=O)N=C(N)/C=C\Nc3ccnc(F)c3)CC2)c1. The number of ether oxygens (including phenoxy) is 1. The van der Waals surface area contributed by atoms with Gasteiger partial charge in [0.15, 0.2) is 0 Å². The molecule has 3 N–H and O–H groups in total. The first-order valence-electron chi connectivity index (χ1n) is 8.11. The van der Waals surface area contributed by atoms with Gasteiger partial charge in [-0.05, 0) is 42.7 Å². The van der Waals surface area contributed by atoms with Crippen molar-refractivity contribution in [2.24, 2.45) is 10.7 Å². The molecule has 134 valence electrons. The number of anilines is 1. The van der Waals surface area contributed by atoms with Crippen LogP contribution in [0.1, 0.15) is 18.4 Å². The Morgan fingerprint density at radius 1 is 1.38 bits per heavy atom. The number of amides is 1. The van der Waals surface area contributed by atoms with Crippen molar-refractivity contribution in [2.45, 2.75) is 18.3 Å². The number of pyridine rings is 1. The number of aromatic nitrogens is 1. The van der Waals surface area contributed by atoms with Gasteiger partial charge >= 0.3 is 0 Å². The van der Waals surface area contributed by atoms with E-state index in [2.05, 4.69) is 15.3 Å². The van der Waals surface area contributed by atoms with E-state index in [9.17, 15) is 9.18 Å². The molecule has 0 radical (unpaired) electrons. The van der Waals surface area contributed by atoms with Crippen molar-refractivity contribution in [2.75, 3.05) is 12.4 Å². The van der Waals surface area contributed by atoms with Gasteiger partial charge in [0.25, 0.3) is 5.91 Å². The molecular formula is C19H19FN4O2. The minimum Gasteiger partial charge on any atom is -0.497 e. The molecule has 0 saturated heterocycles. The van der Waals surface area contributed by atoms with E-state index in [1.54, 1.807) is 13.2 Å². The Balaban J connectivity index is 1.68. The topological polar surface area (TPSA) is 89.6 Å². The molecular weight excluding hydrogens is 335 g/mol. The summed E-state index contributed by atoms with van der Waals surface area (Å²) < 4.78 is 18.2. The Morgan fingerprint density at radius 2 is 2.19 bits per heavy atom. The normalized spacial score (nSPS) is 15.7. The number of carbonyl (C=O) groups is 1.